The fraction of sp³-hybridized carbons (Fsp3) is 1.00. The molecule has 0 saturated heterocycles. The van der Waals surface area contributed by atoms with E-state index in [4.69, 9.17) is 19.3 Å². The van der Waals surface area contributed by atoms with E-state index in [-0.39, 0.29) is 13.2 Å². The minimum absolute atomic E-state index is 0.195. The number of hydrogen-bond acceptors (Lipinski definition) is 6. The van der Waals surface area contributed by atoms with Gasteiger partial charge in [-0.3, -0.25) is 9.11 Å². The predicted molar refractivity (Wildman–Crippen MR) is 68.4 cm³/mol. The van der Waals surface area contributed by atoms with Crippen molar-refractivity contribution in [3.05, 3.63) is 0 Å². The average molecular weight is 454 g/mol. The molecule has 0 unspecified atom stereocenters. The highest BCUT2D eigenvalue weighted by Gasteiger charge is 2.54. The fourth-order valence-electron chi connectivity index (χ4n) is 0.449. The van der Waals surface area contributed by atoms with Crippen LogP contribution in [0.2, 0.25) is 0 Å². The van der Waals surface area contributed by atoms with E-state index in [1.807, 2.05) is 0 Å². The van der Waals surface area contributed by atoms with Gasteiger partial charge in [0, 0.05) is 13.2 Å². The van der Waals surface area contributed by atoms with Gasteiger partial charge in [0.2, 0.25) is 0 Å². The normalized spacial score (nSPS) is 13.0. The molecule has 0 aromatic rings. The summed E-state index contributed by atoms with van der Waals surface area (Å²) < 4.78 is 143. The Morgan fingerprint density at radius 1 is 0.654 bits per heavy atom. The molecule has 26 heavy (non-hydrogen) atoms. The first-order valence-corrected chi connectivity index (χ1v) is 8.66. The highest BCUT2D eigenvalue weighted by Crippen LogP contribution is 2.28. The summed E-state index contributed by atoms with van der Waals surface area (Å²) in [6, 6.07) is 0. The summed E-state index contributed by atoms with van der Waals surface area (Å²) in [6.45, 7) is 0.390. The summed E-state index contributed by atoms with van der Waals surface area (Å²) in [5.41, 5.74) is 0. The summed E-state index contributed by atoms with van der Waals surface area (Å²) in [6.07, 6.45) is -7.39. The minimum atomic E-state index is -5.98. The van der Waals surface area contributed by atoms with Gasteiger partial charge in [0.05, 0.1) is 0 Å². The van der Waals surface area contributed by atoms with Crippen molar-refractivity contribution in [1.29, 1.82) is 0 Å². The Morgan fingerprint density at radius 2 is 0.846 bits per heavy atom. The van der Waals surface area contributed by atoms with E-state index >= 15 is 0 Å². The van der Waals surface area contributed by atoms with Gasteiger partial charge in [-0.2, -0.15) is 34.4 Å². The van der Waals surface area contributed by atoms with Crippen molar-refractivity contribution < 1.29 is 71.3 Å². The molecule has 0 aromatic carbocycles. The van der Waals surface area contributed by atoms with Crippen molar-refractivity contribution in [3.63, 3.8) is 0 Å². The molecule has 0 aliphatic heterocycles. The Balaban J connectivity index is -0.000000316. The Bertz CT molecular complexity index is 525. The lowest BCUT2D eigenvalue weighted by molar-refractivity contribution is -0.0687. The average Bonchev–Trinajstić information content (AvgIpc) is 2.43. The van der Waals surface area contributed by atoms with Crippen LogP contribution in [0.4, 0.5) is 35.1 Å². The molecule has 0 rings (SSSR count). The molecule has 0 heterocycles. The van der Waals surface area contributed by atoms with Crippen molar-refractivity contribution in [2.75, 3.05) is 13.2 Å². The summed E-state index contributed by atoms with van der Waals surface area (Å²) in [7, 11) is -12.0. The first-order valence-electron chi connectivity index (χ1n) is 5.78. The van der Waals surface area contributed by atoms with Gasteiger partial charge in [0.1, 0.15) is 0 Å². The number of unbranched alkanes of at least 4 members (excludes halogenated alkanes) is 1. The highest BCUT2D eigenvalue weighted by molar-refractivity contribution is 7.87. The molecule has 0 radical (unpaired) electrons. The van der Waals surface area contributed by atoms with E-state index in [2.05, 4.69) is 0 Å². The molecule has 0 bridgehead atoms. The zero-order valence-corrected chi connectivity index (χ0v) is 13.9. The zero-order valence-electron chi connectivity index (χ0n) is 12.2. The van der Waals surface area contributed by atoms with Crippen molar-refractivity contribution in [2.45, 2.75) is 36.2 Å². The maximum Gasteiger partial charge on any atom is 0.428 e. The van der Waals surface area contributed by atoms with Crippen LogP contribution in [0.25, 0.3) is 0 Å². The molecule has 0 amide bonds. The summed E-state index contributed by atoms with van der Waals surface area (Å²) in [5, 5.41) is 5.44. The van der Waals surface area contributed by atoms with Gasteiger partial charge in [-0.1, -0.05) is 0 Å². The third-order valence-electron chi connectivity index (χ3n) is 1.76. The minimum Gasteiger partial charge on any atom is -0.396 e. The molecular formula is C8H14F8O8S2. The molecule has 0 aromatic heterocycles. The Labute approximate surface area is 141 Å². The van der Waals surface area contributed by atoms with Gasteiger partial charge in [0.25, 0.3) is 0 Å². The van der Waals surface area contributed by atoms with Gasteiger partial charge >= 0.3 is 43.6 Å². The maximum atomic E-state index is 11.5. The van der Waals surface area contributed by atoms with Crippen LogP contribution in [0.15, 0.2) is 0 Å². The van der Waals surface area contributed by atoms with Crippen molar-refractivity contribution >= 4 is 20.2 Å². The smallest absolute Gasteiger partial charge is 0.396 e. The lowest BCUT2D eigenvalue weighted by Gasteiger charge is -2.09. The number of hydrogen-bond donors (Lipinski definition) is 4. The van der Waals surface area contributed by atoms with Crippen LogP contribution in [0, 0.1) is 0 Å². The molecule has 8 nitrogen and oxygen atoms in total. The zero-order chi connectivity index (χ0) is 22.0. The number of rotatable bonds is 7. The summed E-state index contributed by atoms with van der Waals surface area (Å²) in [4.78, 5) is 0. The van der Waals surface area contributed by atoms with Crippen LogP contribution in [-0.4, -0.2) is 72.7 Å². The predicted octanol–water partition coefficient (Wildman–Crippen LogP) is 1.22. The molecule has 18 heteroatoms. The SMILES string of the molecule is O=S(=O)(O)C(F)(F)C(F)F.O=S(=O)(O)C(F)(F)C(F)F.OCCCCO. The Hall–Kier alpha value is -0.820. The van der Waals surface area contributed by atoms with E-state index in [1.54, 1.807) is 0 Å². The molecule has 0 spiro atoms. The molecule has 0 saturated carbocycles. The van der Waals surface area contributed by atoms with E-state index in [0.29, 0.717) is 0 Å². The summed E-state index contributed by atoms with van der Waals surface area (Å²) in [5.74, 6) is 0. The first-order chi connectivity index (χ1) is 11.3. The van der Waals surface area contributed by atoms with Crippen LogP contribution in [0.1, 0.15) is 12.8 Å². The fourth-order valence-corrected chi connectivity index (χ4v) is 0.899. The summed E-state index contributed by atoms with van der Waals surface area (Å²) >= 11 is 0. The largest absolute Gasteiger partial charge is 0.428 e. The Kier molecular flexibility index (Phi) is 13.6. The van der Waals surface area contributed by atoms with Crippen LogP contribution >= 0.6 is 0 Å². The van der Waals surface area contributed by atoms with E-state index in [0.717, 1.165) is 12.8 Å². The molecule has 0 atom stereocenters. The molecule has 0 aliphatic rings. The van der Waals surface area contributed by atoms with E-state index in [1.165, 1.54) is 0 Å². The second-order valence-corrected chi connectivity index (χ2v) is 6.82. The van der Waals surface area contributed by atoms with E-state index in [9.17, 15) is 52.0 Å². The first kappa shape index (κ1) is 29.9. The molecule has 0 aliphatic carbocycles. The Morgan fingerprint density at radius 3 is 0.885 bits per heavy atom. The van der Waals surface area contributed by atoms with Crippen LogP contribution in [-0.2, 0) is 20.2 Å². The number of aliphatic hydroxyl groups excluding tert-OH is 2. The molecule has 4 N–H and O–H groups in total. The maximum absolute atomic E-state index is 11.5. The second-order valence-electron chi connectivity index (χ2n) is 3.83. The molecule has 0 fully saturated rings. The monoisotopic (exact) mass is 454 g/mol. The second kappa shape index (κ2) is 11.8. The highest BCUT2D eigenvalue weighted by atomic mass is 32.2. The van der Waals surface area contributed by atoms with Crippen molar-refractivity contribution in [3.8, 4) is 0 Å². The van der Waals surface area contributed by atoms with E-state index < -0.39 is 43.6 Å². The van der Waals surface area contributed by atoms with Gasteiger partial charge in [0.15, 0.2) is 0 Å². The number of halogens is 8. The third-order valence-corrected chi connectivity index (χ3v) is 3.49. The van der Waals surface area contributed by atoms with Gasteiger partial charge in [-0.25, -0.2) is 17.6 Å². The lowest BCUT2D eigenvalue weighted by Crippen LogP contribution is -2.35. The molecule has 162 valence electrons. The number of alkyl halides is 8. The molecular weight excluding hydrogens is 440 g/mol. The quantitative estimate of drug-likeness (QED) is 0.255. The van der Waals surface area contributed by atoms with Crippen LogP contribution in [0.3, 0.4) is 0 Å². The topological polar surface area (TPSA) is 149 Å². The van der Waals surface area contributed by atoms with Crippen molar-refractivity contribution in [1.82, 2.24) is 0 Å². The van der Waals surface area contributed by atoms with Crippen LogP contribution in [0.5, 0.6) is 0 Å². The van der Waals surface area contributed by atoms with Gasteiger partial charge in [-0.05, 0) is 12.8 Å². The van der Waals surface area contributed by atoms with Gasteiger partial charge < -0.3 is 10.2 Å². The third kappa shape index (κ3) is 11.0. The van der Waals surface area contributed by atoms with Gasteiger partial charge in [-0.15, -0.1) is 0 Å². The van der Waals surface area contributed by atoms with Crippen molar-refractivity contribution in [2.24, 2.45) is 0 Å². The lowest BCUT2D eigenvalue weighted by atomic mass is 10.3. The number of aliphatic hydroxyl groups is 2. The standard InChI is InChI=1S/C4H10O2.2C2H2F4O3S/c5-3-1-2-4-6;2*3-1(4)2(5,6)10(7,8)9/h5-6H,1-4H2;2*1H,(H,7,8,9). The van der Waals surface area contributed by atoms with Crippen LogP contribution < -0.4 is 0 Å².